The van der Waals surface area contributed by atoms with E-state index in [0.717, 1.165) is 64.2 Å². The molecule has 3 aliphatic carbocycles. The van der Waals surface area contributed by atoms with Gasteiger partial charge in [-0.2, -0.15) is 0 Å². The second kappa shape index (κ2) is 15.5. The van der Waals surface area contributed by atoms with E-state index in [1.54, 1.807) is 0 Å². The van der Waals surface area contributed by atoms with Crippen molar-refractivity contribution in [2.75, 3.05) is 19.8 Å². The summed E-state index contributed by atoms with van der Waals surface area (Å²) in [5, 5.41) is 5.78. The molecular weight excluding hydrogens is 516 g/mol. The SMILES string of the molecule is CC1(C)CC(NC(=O)OCCC(=O)OC2CCCCC2)CC(C)(CNC(=O)OCCC(=O)OC2CCCCC2)C1. The van der Waals surface area contributed by atoms with Gasteiger partial charge in [-0.1, -0.05) is 33.6 Å². The quantitative estimate of drug-likeness (QED) is 0.246. The van der Waals surface area contributed by atoms with Crippen LogP contribution in [-0.2, 0) is 28.5 Å². The average Bonchev–Trinajstić information content (AvgIpc) is 2.87. The minimum Gasteiger partial charge on any atom is -0.462 e. The van der Waals surface area contributed by atoms with Gasteiger partial charge < -0.3 is 29.6 Å². The summed E-state index contributed by atoms with van der Waals surface area (Å²) in [6.45, 7) is 6.69. The predicted octanol–water partition coefficient (Wildman–Crippen LogP) is 5.56. The highest BCUT2D eigenvalue weighted by Gasteiger charge is 2.42. The van der Waals surface area contributed by atoms with Crippen molar-refractivity contribution in [1.82, 2.24) is 10.6 Å². The number of carbonyl (C=O) groups is 4. The Morgan fingerprint density at radius 2 is 1.20 bits per heavy atom. The van der Waals surface area contributed by atoms with Gasteiger partial charge in [-0.05, 0) is 81.5 Å². The molecule has 10 nitrogen and oxygen atoms in total. The molecule has 3 aliphatic rings. The molecule has 0 spiro atoms. The maximum atomic E-state index is 12.5. The van der Waals surface area contributed by atoms with Crippen LogP contribution in [0.25, 0.3) is 0 Å². The van der Waals surface area contributed by atoms with Gasteiger partial charge in [0.2, 0.25) is 0 Å². The van der Waals surface area contributed by atoms with Crippen molar-refractivity contribution in [2.24, 2.45) is 10.8 Å². The zero-order valence-electron chi connectivity index (χ0n) is 24.7. The second-order valence-corrected chi connectivity index (χ2v) is 13.0. The molecule has 40 heavy (non-hydrogen) atoms. The third kappa shape index (κ3) is 11.9. The lowest BCUT2D eigenvalue weighted by atomic mass is 9.62. The Morgan fingerprint density at radius 3 is 1.73 bits per heavy atom. The Balaban J connectivity index is 1.33. The van der Waals surface area contributed by atoms with E-state index in [9.17, 15) is 19.2 Å². The summed E-state index contributed by atoms with van der Waals surface area (Å²) in [6.07, 6.45) is 11.6. The first-order valence-corrected chi connectivity index (χ1v) is 15.2. The Hall–Kier alpha value is -2.52. The van der Waals surface area contributed by atoms with Crippen molar-refractivity contribution in [3.63, 3.8) is 0 Å². The van der Waals surface area contributed by atoms with Crippen molar-refractivity contribution >= 4 is 24.1 Å². The van der Waals surface area contributed by atoms with Crippen molar-refractivity contribution < 1.29 is 38.1 Å². The number of hydrogen-bond acceptors (Lipinski definition) is 8. The third-order valence-electron chi connectivity index (χ3n) is 8.20. The fourth-order valence-electron chi connectivity index (χ4n) is 6.73. The first-order valence-electron chi connectivity index (χ1n) is 15.2. The summed E-state index contributed by atoms with van der Waals surface area (Å²) in [6, 6.07) is -0.136. The van der Waals surface area contributed by atoms with Crippen molar-refractivity contribution in [2.45, 2.75) is 135 Å². The van der Waals surface area contributed by atoms with Gasteiger partial charge >= 0.3 is 24.1 Å². The first-order chi connectivity index (χ1) is 19.0. The van der Waals surface area contributed by atoms with E-state index in [1.807, 2.05) is 0 Å². The molecule has 0 heterocycles. The fraction of sp³-hybridized carbons (Fsp3) is 0.867. The highest BCUT2D eigenvalue weighted by molar-refractivity contribution is 5.72. The molecule has 228 valence electrons. The van der Waals surface area contributed by atoms with Crippen LogP contribution in [-0.4, -0.2) is 62.1 Å². The van der Waals surface area contributed by atoms with E-state index >= 15 is 0 Å². The summed E-state index contributed by atoms with van der Waals surface area (Å²) < 4.78 is 21.4. The largest absolute Gasteiger partial charge is 0.462 e. The normalized spacial score (nSPS) is 25.3. The number of hydrogen-bond donors (Lipinski definition) is 2. The zero-order chi connectivity index (χ0) is 29.0. The van der Waals surface area contributed by atoms with Gasteiger partial charge in [0, 0.05) is 12.6 Å². The van der Waals surface area contributed by atoms with Crippen LogP contribution in [0.4, 0.5) is 9.59 Å². The minimum atomic E-state index is -0.570. The van der Waals surface area contributed by atoms with Gasteiger partial charge in [-0.25, -0.2) is 9.59 Å². The molecule has 0 radical (unpaired) electrons. The smallest absolute Gasteiger partial charge is 0.407 e. The molecule has 0 saturated heterocycles. The van der Waals surface area contributed by atoms with E-state index in [1.165, 1.54) is 12.8 Å². The third-order valence-corrected chi connectivity index (χ3v) is 8.20. The summed E-state index contributed by atoms with van der Waals surface area (Å²) in [5.41, 5.74) is -0.342. The molecular formula is C30H50N2O8. The fourth-order valence-corrected chi connectivity index (χ4v) is 6.73. The molecule has 2 amide bonds. The van der Waals surface area contributed by atoms with Crippen LogP contribution >= 0.6 is 0 Å². The Bertz CT molecular complexity index is 851. The lowest BCUT2D eigenvalue weighted by Crippen LogP contribution is -2.50. The molecule has 2 N–H and O–H groups in total. The highest BCUT2D eigenvalue weighted by atomic mass is 16.6. The van der Waals surface area contributed by atoms with Crippen LogP contribution in [0.3, 0.4) is 0 Å². The van der Waals surface area contributed by atoms with Crippen LogP contribution in [0.15, 0.2) is 0 Å². The van der Waals surface area contributed by atoms with Gasteiger partial charge in [0.25, 0.3) is 0 Å². The molecule has 3 saturated carbocycles. The van der Waals surface area contributed by atoms with Crippen LogP contribution in [0.2, 0.25) is 0 Å². The highest BCUT2D eigenvalue weighted by Crippen LogP contribution is 2.45. The van der Waals surface area contributed by atoms with Crippen LogP contribution in [0.1, 0.15) is 117 Å². The van der Waals surface area contributed by atoms with Gasteiger partial charge in [0.1, 0.15) is 25.4 Å². The number of rotatable bonds is 11. The topological polar surface area (TPSA) is 129 Å². The maximum absolute atomic E-state index is 12.5. The molecule has 0 aromatic heterocycles. The molecule has 10 heteroatoms. The number of amides is 2. The summed E-state index contributed by atoms with van der Waals surface area (Å²) >= 11 is 0. The van der Waals surface area contributed by atoms with E-state index < -0.39 is 12.2 Å². The Morgan fingerprint density at radius 1 is 0.700 bits per heavy atom. The predicted molar refractivity (Wildman–Crippen MR) is 149 cm³/mol. The summed E-state index contributed by atoms with van der Waals surface area (Å²) in [7, 11) is 0. The lowest BCUT2D eigenvalue weighted by molar-refractivity contribution is -0.152. The molecule has 2 unspecified atom stereocenters. The lowest BCUT2D eigenvalue weighted by Gasteiger charge is -2.46. The summed E-state index contributed by atoms with van der Waals surface area (Å²) in [4.78, 5) is 48.8. The molecule has 0 aromatic rings. The molecule has 0 aliphatic heterocycles. The zero-order valence-corrected chi connectivity index (χ0v) is 24.7. The van der Waals surface area contributed by atoms with Gasteiger partial charge in [0.15, 0.2) is 0 Å². The Labute approximate surface area is 239 Å². The molecule has 3 fully saturated rings. The standard InChI is InChI=1S/C30H50N2O8/c1-29(2)18-22(32-28(36)38-17-15-26(34)40-24-12-8-5-9-13-24)19-30(3,20-29)21-31-27(35)37-16-14-25(33)39-23-10-6-4-7-11-23/h22-24H,4-21H2,1-3H3,(H,31,35)(H,32,36). The van der Waals surface area contributed by atoms with Crippen LogP contribution in [0.5, 0.6) is 0 Å². The monoisotopic (exact) mass is 566 g/mol. The van der Waals surface area contributed by atoms with E-state index in [2.05, 4.69) is 31.4 Å². The molecule has 0 bridgehead atoms. The van der Waals surface area contributed by atoms with Crippen LogP contribution in [0, 0.1) is 10.8 Å². The van der Waals surface area contributed by atoms with Gasteiger partial charge in [-0.3, -0.25) is 9.59 Å². The number of carbonyl (C=O) groups excluding carboxylic acids is 4. The van der Waals surface area contributed by atoms with E-state index in [0.29, 0.717) is 13.0 Å². The molecule has 0 aromatic carbocycles. The number of esters is 2. The van der Waals surface area contributed by atoms with Gasteiger partial charge in [0.05, 0.1) is 12.8 Å². The second-order valence-electron chi connectivity index (χ2n) is 13.0. The molecule has 2 atom stereocenters. The van der Waals surface area contributed by atoms with E-state index in [-0.39, 0.29) is 67.1 Å². The number of ether oxygens (including phenoxy) is 4. The molecule has 3 rings (SSSR count). The van der Waals surface area contributed by atoms with Crippen LogP contribution < -0.4 is 10.6 Å². The first kappa shape index (κ1) is 32.0. The maximum Gasteiger partial charge on any atom is 0.407 e. The number of alkyl carbamates (subject to hydrolysis) is 2. The van der Waals surface area contributed by atoms with Crippen molar-refractivity contribution in [1.29, 1.82) is 0 Å². The van der Waals surface area contributed by atoms with E-state index in [4.69, 9.17) is 18.9 Å². The van der Waals surface area contributed by atoms with Gasteiger partial charge in [-0.15, -0.1) is 0 Å². The Kier molecular flexibility index (Phi) is 12.4. The van der Waals surface area contributed by atoms with Crippen molar-refractivity contribution in [3.05, 3.63) is 0 Å². The van der Waals surface area contributed by atoms with Crippen molar-refractivity contribution in [3.8, 4) is 0 Å². The minimum absolute atomic E-state index is 0.00809. The summed E-state index contributed by atoms with van der Waals surface area (Å²) in [5.74, 6) is -0.659. The number of nitrogens with one attached hydrogen (secondary N) is 2. The average molecular weight is 567 g/mol.